The van der Waals surface area contributed by atoms with Gasteiger partial charge in [0, 0.05) is 57.9 Å². The van der Waals surface area contributed by atoms with E-state index in [4.69, 9.17) is 4.74 Å². The number of rotatable bonds is 5. The summed E-state index contributed by atoms with van der Waals surface area (Å²) in [6.07, 6.45) is 7.89. The highest BCUT2D eigenvalue weighted by Gasteiger charge is 2.44. The van der Waals surface area contributed by atoms with Crippen molar-refractivity contribution in [2.75, 3.05) is 46.9 Å². The maximum Gasteiger partial charge on any atom is 0.320 e. The van der Waals surface area contributed by atoms with Crippen molar-refractivity contribution in [1.82, 2.24) is 19.6 Å². The Balaban J connectivity index is 0.995. The Morgan fingerprint density at radius 1 is 0.800 bits per heavy atom. The molecule has 1 spiro atoms. The van der Waals surface area contributed by atoms with Crippen molar-refractivity contribution in [2.24, 2.45) is 0 Å². The molecule has 4 fully saturated rings. The summed E-state index contributed by atoms with van der Waals surface area (Å²) in [5, 5.41) is 0. The van der Waals surface area contributed by atoms with E-state index in [0.29, 0.717) is 24.7 Å². The molecule has 0 N–H and O–H groups in total. The smallest absolute Gasteiger partial charge is 0.320 e. The van der Waals surface area contributed by atoms with Crippen LogP contribution < -0.4 is 0 Å². The third kappa shape index (κ3) is 5.38. The highest BCUT2D eigenvalue weighted by Crippen LogP contribution is 2.42. The van der Waals surface area contributed by atoms with Crippen molar-refractivity contribution < 1.29 is 14.3 Å². The standard InChI is InChI=1S/C33H44N4O3/c1-24-4-6-25(7-5-24)26-8-10-27(11-9-26)31(38)34(2)29-15-20-37(23-29)32(39)35(3)30-14-19-36(22-30)28-12-16-33(17-13-28)18-21-40-33/h4-11,28-30H,12-23H2,1-3H3/t28?,29-,30?,33?/m0/s1. The molecular formula is C33H44N4O3. The van der Waals surface area contributed by atoms with Gasteiger partial charge in [-0.15, -0.1) is 0 Å². The van der Waals surface area contributed by atoms with E-state index >= 15 is 0 Å². The number of hydrogen-bond acceptors (Lipinski definition) is 4. The van der Waals surface area contributed by atoms with Gasteiger partial charge in [0.05, 0.1) is 18.2 Å². The minimum absolute atomic E-state index is 0.0103. The number of ether oxygens (including phenoxy) is 1. The molecule has 0 radical (unpaired) electrons. The van der Waals surface area contributed by atoms with Gasteiger partial charge in [-0.3, -0.25) is 9.69 Å². The summed E-state index contributed by atoms with van der Waals surface area (Å²) in [7, 11) is 3.84. The van der Waals surface area contributed by atoms with Crippen LogP contribution in [-0.4, -0.2) is 102 Å². The quantitative estimate of drug-likeness (QED) is 0.530. The summed E-state index contributed by atoms with van der Waals surface area (Å²) in [5.74, 6) is 0.0103. The summed E-state index contributed by atoms with van der Waals surface area (Å²) in [4.78, 5) is 35.1. The number of amides is 3. The Labute approximate surface area is 239 Å². The van der Waals surface area contributed by atoms with Gasteiger partial charge in [-0.1, -0.05) is 42.0 Å². The number of benzene rings is 2. The monoisotopic (exact) mass is 544 g/mol. The molecule has 1 unspecified atom stereocenters. The number of carbonyl (C=O) groups is 2. The van der Waals surface area contributed by atoms with E-state index in [2.05, 4.69) is 36.1 Å². The predicted molar refractivity (Wildman–Crippen MR) is 157 cm³/mol. The molecule has 2 aromatic carbocycles. The van der Waals surface area contributed by atoms with Crippen molar-refractivity contribution in [3.05, 3.63) is 59.7 Å². The molecule has 3 aliphatic heterocycles. The van der Waals surface area contributed by atoms with E-state index in [0.717, 1.165) is 43.7 Å². The molecule has 2 aromatic rings. The normalized spacial score (nSPS) is 28.5. The van der Waals surface area contributed by atoms with Crippen molar-refractivity contribution >= 4 is 11.9 Å². The zero-order chi connectivity index (χ0) is 27.9. The molecule has 4 aliphatic rings. The number of hydrogen-bond donors (Lipinski definition) is 0. The van der Waals surface area contributed by atoms with E-state index in [1.165, 1.54) is 37.7 Å². The van der Waals surface area contributed by atoms with Crippen molar-refractivity contribution in [3.8, 4) is 11.1 Å². The van der Waals surface area contributed by atoms with Crippen LogP contribution in [0.15, 0.2) is 48.5 Å². The van der Waals surface area contributed by atoms with Gasteiger partial charge in [0.1, 0.15) is 0 Å². The van der Waals surface area contributed by atoms with Crippen molar-refractivity contribution in [1.29, 1.82) is 0 Å². The minimum Gasteiger partial charge on any atom is -0.375 e. The first-order valence-electron chi connectivity index (χ1n) is 15.2. The highest BCUT2D eigenvalue weighted by molar-refractivity contribution is 5.95. The van der Waals surface area contributed by atoms with Crippen LogP contribution in [0.5, 0.6) is 0 Å². The second-order valence-electron chi connectivity index (χ2n) is 12.6. The van der Waals surface area contributed by atoms with Crippen LogP contribution in [0, 0.1) is 6.92 Å². The second-order valence-corrected chi connectivity index (χ2v) is 12.6. The Kier molecular flexibility index (Phi) is 7.62. The maximum absolute atomic E-state index is 13.5. The first-order chi connectivity index (χ1) is 19.3. The van der Waals surface area contributed by atoms with Gasteiger partial charge in [0.25, 0.3) is 5.91 Å². The topological polar surface area (TPSA) is 56.3 Å². The van der Waals surface area contributed by atoms with Gasteiger partial charge >= 0.3 is 6.03 Å². The van der Waals surface area contributed by atoms with E-state index < -0.39 is 0 Å². The Hall–Kier alpha value is -2.90. The molecule has 3 saturated heterocycles. The summed E-state index contributed by atoms with van der Waals surface area (Å²) < 4.78 is 5.91. The molecule has 7 nitrogen and oxygen atoms in total. The van der Waals surface area contributed by atoms with Crippen LogP contribution in [0.2, 0.25) is 0 Å². The molecule has 1 saturated carbocycles. The van der Waals surface area contributed by atoms with Crippen LogP contribution in [0.4, 0.5) is 4.79 Å². The number of carbonyl (C=O) groups excluding carboxylic acids is 2. The molecule has 2 atom stereocenters. The Morgan fingerprint density at radius 2 is 1.40 bits per heavy atom. The van der Waals surface area contributed by atoms with Gasteiger partial charge in [-0.25, -0.2) is 4.79 Å². The zero-order valence-corrected chi connectivity index (χ0v) is 24.3. The first-order valence-corrected chi connectivity index (χ1v) is 15.2. The molecule has 0 aromatic heterocycles. The van der Waals surface area contributed by atoms with Crippen LogP contribution >= 0.6 is 0 Å². The number of nitrogens with zero attached hydrogens (tertiary/aromatic N) is 4. The lowest BCUT2D eigenvalue weighted by Gasteiger charge is -2.48. The maximum atomic E-state index is 13.5. The van der Waals surface area contributed by atoms with Crippen molar-refractivity contribution in [3.63, 3.8) is 0 Å². The fraction of sp³-hybridized carbons (Fsp3) is 0.576. The number of urea groups is 1. The van der Waals surface area contributed by atoms with E-state index in [9.17, 15) is 9.59 Å². The minimum atomic E-state index is 0.0103. The Bertz CT molecular complexity index is 1200. The van der Waals surface area contributed by atoms with E-state index in [-0.39, 0.29) is 29.6 Å². The average Bonchev–Trinajstić information content (AvgIpc) is 3.66. The molecule has 3 heterocycles. The average molecular weight is 545 g/mol. The molecular weight excluding hydrogens is 500 g/mol. The van der Waals surface area contributed by atoms with Crippen molar-refractivity contribution in [2.45, 2.75) is 75.6 Å². The molecule has 7 heteroatoms. The fourth-order valence-corrected chi connectivity index (χ4v) is 7.23. The van der Waals surface area contributed by atoms with Crippen LogP contribution in [0.1, 0.15) is 60.9 Å². The number of aryl methyl sites for hydroxylation is 1. The van der Waals surface area contributed by atoms with Gasteiger partial charge in [-0.2, -0.15) is 0 Å². The third-order valence-electron chi connectivity index (χ3n) is 10.2. The van der Waals surface area contributed by atoms with Gasteiger partial charge in [0.2, 0.25) is 0 Å². The highest BCUT2D eigenvalue weighted by atomic mass is 16.5. The summed E-state index contributed by atoms with van der Waals surface area (Å²) in [6.45, 7) is 6.34. The lowest BCUT2D eigenvalue weighted by atomic mass is 9.77. The zero-order valence-electron chi connectivity index (χ0n) is 24.3. The molecule has 0 bridgehead atoms. The van der Waals surface area contributed by atoms with Crippen LogP contribution in [0.3, 0.4) is 0 Å². The van der Waals surface area contributed by atoms with Gasteiger partial charge in [0.15, 0.2) is 0 Å². The largest absolute Gasteiger partial charge is 0.375 e. The van der Waals surface area contributed by atoms with Gasteiger partial charge < -0.3 is 19.4 Å². The van der Waals surface area contributed by atoms with Crippen LogP contribution in [0.25, 0.3) is 11.1 Å². The predicted octanol–water partition coefficient (Wildman–Crippen LogP) is 5.04. The molecule has 214 valence electrons. The molecule has 1 aliphatic carbocycles. The summed E-state index contributed by atoms with van der Waals surface area (Å²) in [6, 6.07) is 17.3. The molecule has 6 rings (SSSR count). The lowest BCUT2D eigenvalue weighted by molar-refractivity contribution is -0.171. The molecule has 3 amide bonds. The number of likely N-dealkylation sites (N-methyl/N-ethyl adjacent to an activating group) is 2. The third-order valence-corrected chi connectivity index (χ3v) is 10.2. The first kappa shape index (κ1) is 27.3. The lowest BCUT2D eigenvalue weighted by Crippen LogP contribution is -2.51. The summed E-state index contributed by atoms with van der Waals surface area (Å²) >= 11 is 0. The van der Waals surface area contributed by atoms with E-state index in [1.807, 2.05) is 53.1 Å². The SMILES string of the molecule is Cc1ccc(-c2ccc(C(=O)N(C)[C@H]3CCN(C(=O)N(C)C4CCN(C5CCC6(CCO6)CC5)C4)C3)cc2)cc1. The Morgan fingerprint density at radius 3 is 2.02 bits per heavy atom. The van der Waals surface area contributed by atoms with E-state index in [1.54, 1.807) is 0 Å². The number of likely N-dealkylation sites (tertiary alicyclic amines) is 2. The van der Waals surface area contributed by atoms with Crippen LogP contribution in [-0.2, 0) is 4.74 Å². The summed E-state index contributed by atoms with van der Waals surface area (Å²) in [5.41, 5.74) is 4.37. The molecule has 40 heavy (non-hydrogen) atoms. The van der Waals surface area contributed by atoms with Gasteiger partial charge in [-0.05, 0) is 75.1 Å². The second kappa shape index (κ2) is 11.2. The fourth-order valence-electron chi connectivity index (χ4n) is 7.23.